The molecule has 29 heteroatoms. The molecule has 11 amide bonds. The summed E-state index contributed by atoms with van der Waals surface area (Å²) in [6.45, 7) is -1.96. The quantitative estimate of drug-likeness (QED) is 0.0476. The summed E-state index contributed by atoms with van der Waals surface area (Å²) in [5.74, 6) is -8.09. The molecular weight excluding hydrogens is 887 g/mol. The zero-order valence-electron chi connectivity index (χ0n) is 33.6. The monoisotopic (exact) mass is 939 g/mol. The van der Waals surface area contributed by atoms with E-state index in [-0.39, 0.29) is 89.0 Å². The van der Waals surface area contributed by atoms with Crippen molar-refractivity contribution in [2.24, 2.45) is 5.73 Å². The SMILES string of the molecule is NC(=O)COCC(=O)NCCOCCOCCOCCNC(=O)C1CSCC(=O)NCC(=O)N[C@H]2CSSC[C@H](NC(=O)CNC(=O)CNC(=O)CNC2=O)C(=O)NCC(=O)N1. The van der Waals surface area contributed by atoms with E-state index in [4.69, 9.17) is 24.7 Å². The highest BCUT2D eigenvalue weighted by Gasteiger charge is 2.27. The Morgan fingerprint density at radius 1 is 0.532 bits per heavy atom. The third kappa shape index (κ3) is 25.7. The van der Waals surface area contributed by atoms with Crippen molar-refractivity contribution in [3.8, 4) is 0 Å². The predicted octanol–water partition coefficient (Wildman–Crippen LogP) is -8.05. The Morgan fingerprint density at radius 2 is 0.984 bits per heavy atom. The number of thioether (sulfide) groups is 1. The van der Waals surface area contributed by atoms with Crippen molar-refractivity contribution in [3.63, 3.8) is 0 Å². The Labute approximate surface area is 367 Å². The standard InChI is InChI=1S/C33H53N11O15S3/c34-23(45)14-59-15-29(51)35-1-3-56-5-7-58-8-6-57-4-2-36-31(53)20-16-60-19-30(52)39-12-27(49)44-21-17-61-62-18-22(33(55)41-13-28(50)42-20)43-26(48)11-38-24(46)9-37-25(47)10-40-32(21)54/h20-22H,1-19H2,(H2,34,45)(H,35,51)(H,36,53)(H,37,47)(H,38,46)(H,39,52)(H,40,54)(H,41,55)(H,42,50)(H,43,48)(H,44,49)/t20?,21-,22-/m0/s1. The first-order valence-corrected chi connectivity index (χ1v) is 22.6. The van der Waals surface area contributed by atoms with Crippen LogP contribution in [0.15, 0.2) is 0 Å². The molecule has 2 rings (SSSR count). The number of rotatable bonds is 17. The van der Waals surface area contributed by atoms with Crippen LogP contribution in [0.25, 0.3) is 0 Å². The first-order chi connectivity index (χ1) is 29.7. The van der Waals surface area contributed by atoms with Gasteiger partial charge in [0.1, 0.15) is 31.3 Å². The van der Waals surface area contributed by atoms with Crippen molar-refractivity contribution in [2.75, 3.05) is 122 Å². The molecule has 2 bridgehead atoms. The van der Waals surface area contributed by atoms with Gasteiger partial charge in [-0.2, -0.15) is 0 Å². The van der Waals surface area contributed by atoms with Gasteiger partial charge < -0.3 is 77.8 Å². The lowest BCUT2D eigenvalue weighted by atomic mass is 10.3. The van der Waals surface area contributed by atoms with E-state index in [9.17, 15) is 52.7 Å². The van der Waals surface area contributed by atoms with Gasteiger partial charge in [-0.25, -0.2) is 0 Å². The smallest absolute Gasteiger partial charge is 0.246 e. The molecule has 0 aromatic carbocycles. The molecule has 2 saturated heterocycles. The molecular formula is C33H53N11O15S3. The van der Waals surface area contributed by atoms with Crippen molar-refractivity contribution in [3.05, 3.63) is 0 Å². The highest BCUT2D eigenvalue weighted by molar-refractivity contribution is 8.76. The van der Waals surface area contributed by atoms with Crippen molar-refractivity contribution in [2.45, 2.75) is 18.1 Å². The maximum Gasteiger partial charge on any atom is 0.246 e. The van der Waals surface area contributed by atoms with Crippen LogP contribution in [-0.4, -0.2) is 205 Å². The van der Waals surface area contributed by atoms with E-state index in [1.54, 1.807) is 0 Å². The van der Waals surface area contributed by atoms with Crippen LogP contribution in [0, 0.1) is 0 Å². The van der Waals surface area contributed by atoms with Crippen LogP contribution in [-0.2, 0) is 71.7 Å². The summed E-state index contributed by atoms with van der Waals surface area (Å²) in [6, 6.07) is -3.64. The minimum atomic E-state index is -1.24. The van der Waals surface area contributed by atoms with Crippen LogP contribution in [0.5, 0.6) is 0 Å². The normalized spacial score (nSPS) is 20.8. The number of nitrogens with one attached hydrogen (secondary N) is 10. The molecule has 2 heterocycles. The zero-order chi connectivity index (χ0) is 45.5. The van der Waals surface area contributed by atoms with Crippen molar-refractivity contribution in [1.29, 1.82) is 0 Å². The summed E-state index contributed by atoms with van der Waals surface area (Å²) >= 11 is 0.963. The minimum Gasteiger partial charge on any atom is -0.377 e. The van der Waals surface area contributed by atoms with E-state index >= 15 is 0 Å². The number of primary amides is 1. The molecule has 12 N–H and O–H groups in total. The van der Waals surface area contributed by atoms with Gasteiger partial charge in [0, 0.05) is 30.3 Å². The first-order valence-electron chi connectivity index (χ1n) is 18.9. The van der Waals surface area contributed by atoms with E-state index in [2.05, 4.69) is 53.2 Å². The topological polar surface area (TPSA) is 371 Å². The number of fused-ring (bicyclic) bond motifs is 5. The highest BCUT2D eigenvalue weighted by Crippen LogP contribution is 2.23. The molecule has 3 atom stereocenters. The van der Waals surface area contributed by atoms with Crippen LogP contribution in [0.4, 0.5) is 0 Å². The van der Waals surface area contributed by atoms with Gasteiger partial charge in [0.05, 0.1) is 78.1 Å². The van der Waals surface area contributed by atoms with Gasteiger partial charge in [0.25, 0.3) is 0 Å². The molecule has 0 spiro atoms. The Morgan fingerprint density at radius 3 is 1.53 bits per heavy atom. The van der Waals surface area contributed by atoms with Crippen LogP contribution < -0.4 is 58.9 Å². The van der Waals surface area contributed by atoms with Crippen molar-refractivity contribution >= 4 is 98.3 Å². The van der Waals surface area contributed by atoms with Crippen molar-refractivity contribution < 1.29 is 71.7 Å². The molecule has 0 radical (unpaired) electrons. The van der Waals surface area contributed by atoms with Crippen LogP contribution in [0.3, 0.4) is 0 Å². The summed E-state index contributed by atoms with van der Waals surface area (Å²) in [5, 5.41) is 24.4. The second-order valence-electron chi connectivity index (χ2n) is 12.6. The van der Waals surface area contributed by atoms with Gasteiger partial charge in [-0.1, -0.05) is 21.6 Å². The lowest BCUT2D eigenvalue weighted by Gasteiger charge is -2.21. The number of hydrogen-bond donors (Lipinski definition) is 11. The zero-order valence-corrected chi connectivity index (χ0v) is 36.0. The van der Waals surface area contributed by atoms with Gasteiger partial charge in [0.2, 0.25) is 65.0 Å². The summed E-state index contributed by atoms with van der Waals surface area (Å²) < 4.78 is 21.0. The summed E-state index contributed by atoms with van der Waals surface area (Å²) in [6.07, 6.45) is 0. The Hall–Kier alpha value is -4.94. The fourth-order valence-electron chi connectivity index (χ4n) is 4.55. The van der Waals surface area contributed by atoms with Gasteiger partial charge in [-0.3, -0.25) is 52.7 Å². The summed E-state index contributed by atoms with van der Waals surface area (Å²) in [4.78, 5) is 137. The van der Waals surface area contributed by atoms with E-state index in [1.807, 2.05) is 0 Å². The number of carbonyl (C=O) groups is 11. The van der Waals surface area contributed by atoms with E-state index in [0.717, 1.165) is 33.3 Å². The second kappa shape index (κ2) is 31.8. The number of amides is 11. The van der Waals surface area contributed by atoms with Gasteiger partial charge in [-0.15, -0.1) is 11.8 Å². The molecule has 0 aromatic rings. The Kier molecular flexibility index (Phi) is 27.3. The lowest BCUT2D eigenvalue weighted by Crippen LogP contribution is -2.54. The summed E-state index contributed by atoms with van der Waals surface area (Å²) in [5.41, 5.74) is 4.92. The predicted molar refractivity (Wildman–Crippen MR) is 222 cm³/mol. The molecule has 2 aliphatic heterocycles. The largest absolute Gasteiger partial charge is 0.377 e. The molecule has 2 aliphatic rings. The lowest BCUT2D eigenvalue weighted by molar-refractivity contribution is -0.131. The third-order valence-corrected chi connectivity index (χ3v) is 11.0. The fourth-order valence-corrected chi connectivity index (χ4v) is 7.75. The van der Waals surface area contributed by atoms with E-state index < -0.39 is 116 Å². The maximum absolute atomic E-state index is 13.2. The Balaban J connectivity index is 1.92. The maximum atomic E-state index is 13.2. The van der Waals surface area contributed by atoms with Gasteiger partial charge in [0.15, 0.2) is 0 Å². The number of ether oxygens (including phenoxy) is 4. The fraction of sp³-hybridized carbons (Fsp3) is 0.667. The molecule has 2 fully saturated rings. The van der Waals surface area contributed by atoms with Crippen LogP contribution in [0.2, 0.25) is 0 Å². The molecule has 348 valence electrons. The molecule has 0 aromatic heterocycles. The van der Waals surface area contributed by atoms with E-state index in [0.29, 0.717) is 0 Å². The number of hydrogen-bond acceptors (Lipinski definition) is 18. The van der Waals surface area contributed by atoms with Gasteiger partial charge >= 0.3 is 0 Å². The van der Waals surface area contributed by atoms with Gasteiger partial charge in [-0.05, 0) is 0 Å². The average Bonchev–Trinajstić information content (AvgIpc) is 3.23. The molecule has 0 aliphatic carbocycles. The molecule has 26 nitrogen and oxygen atoms in total. The third-order valence-electron chi connectivity index (χ3n) is 7.55. The number of carbonyl (C=O) groups excluding carboxylic acids is 11. The molecule has 62 heavy (non-hydrogen) atoms. The van der Waals surface area contributed by atoms with Crippen molar-refractivity contribution in [1.82, 2.24) is 53.2 Å². The summed E-state index contributed by atoms with van der Waals surface area (Å²) in [7, 11) is 2.09. The minimum absolute atomic E-state index is 0.0357. The van der Waals surface area contributed by atoms with Crippen LogP contribution in [0.1, 0.15) is 0 Å². The molecule has 0 saturated carbocycles. The highest BCUT2D eigenvalue weighted by atomic mass is 33.1. The second-order valence-corrected chi connectivity index (χ2v) is 16.2. The number of nitrogens with two attached hydrogens (primary N) is 1. The molecule has 1 unspecified atom stereocenters. The first kappa shape index (κ1) is 53.2. The average molecular weight is 940 g/mol. The van der Waals surface area contributed by atoms with E-state index in [1.165, 1.54) is 0 Å². The van der Waals surface area contributed by atoms with Crippen LogP contribution >= 0.6 is 33.3 Å². The Bertz CT molecular complexity index is 1570.